The van der Waals surface area contributed by atoms with Crippen LogP contribution in [-0.2, 0) is 21.2 Å². The van der Waals surface area contributed by atoms with E-state index in [-0.39, 0.29) is 23.6 Å². The Balaban J connectivity index is 2.14. The molecule has 28 heavy (non-hydrogen) atoms. The van der Waals surface area contributed by atoms with Gasteiger partial charge in [-0.25, -0.2) is 0 Å². The van der Waals surface area contributed by atoms with Crippen molar-refractivity contribution in [3.05, 3.63) is 59.7 Å². The van der Waals surface area contributed by atoms with E-state index in [1.807, 2.05) is 12.1 Å². The fraction of sp³-hybridized carbons (Fsp3) is 0.333. The Morgan fingerprint density at radius 3 is 2.07 bits per heavy atom. The van der Waals surface area contributed by atoms with E-state index in [0.717, 1.165) is 17.7 Å². The predicted molar refractivity (Wildman–Crippen MR) is 103 cm³/mol. The normalized spacial score (nSPS) is 11.8. The molecule has 2 aromatic carbocycles. The molecule has 0 unspecified atom stereocenters. The Kier molecular flexibility index (Phi) is 6.17. The highest BCUT2D eigenvalue weighted by atomic mass is 19.4. The number of hydrogen-bond acceptors (Lipinski definition) is 2. The second-order valence-electron chi connectivity index (χ2n) is 7.53. The molecule has 0 aliphatic heterocycles. The Morgan fingerprint density at radius 2 is 1.57 bits per heavy atom. The first-order valence-corrected chi connectivity index (χ1v) is 8.73. The zero-order valence-electron chi connectivity index (χ0n) is 16.2. The van der Waals surface area contributed by atoms with E-state index in [1.165, 1.54) is 24.0 Å². The number of halogens is 3. The minimum Gasteiger partial charge on any atom is -0.325 e. The molecular weight excluding hydrogens is 369 g/mol. The number of carbonyl (C=O) groups is 2. The van der Waals surface area contributed by atoms with E-state index in [9.17, 15) is 22.8 Å². The van der Waals surface area contributed by atoms with Gasteiger partial charge in [-0.1, -0.05) is 39.0 Å². The summed E-state index contributed by atoms with van der Waals surface area (Å²) in [6, 6.07) is 11.6. The van der Waals surface area contributed by atoms with Crippen LogP contribution in [0, 0.1) is 0 Å². The number of nitrogens with one attached hydrogen (secondary N) is 1. The van der Waals surface area contributed by atoms with E-state index in [1.54, 1.807) is 12.1 Å². The van der Waals surface area contributed by atoms with Crippen molar-refractivity contribution in [3.8, 4) is 0 Å². The molecule has 0 aromatic heterocycles. The molecule has 0 saturated carbocycles. The summed E-state index contributed by atoms with van der Waals surface area (Å²) in [5.41, 5.74) is 0.728. The molecule has 0 bridgehead atoms. The van der Waals surface area contributed by atoms with Crippen molar-refractivity contribution in [1.29, 1.82) is 0 Å². The molecule has 0 fully saturated rings. The average molecular weight is 392 g/mol. The molecule has 150 valence electrons. The summed E-state index contributed by atoms with van der Waals surface area (Å²) in [7, 11) is 0. The maximum absolute atomic E-state index is 12.8. The van der Waals surface area contributed by atoms with E-state index >= 15 is 0 Å². The van der Waals surface area contributed by atoms with Gasteiger partial charge in [-0.3, -0.25) is 9.59 Å². The van der Waals surface area contributed by atoms with E-state index in [4.69, 9.17) is 0 Å². The van der Waals surface area contributed by atoms with Gasteiger partial charge < -0.3 is 10.2 Å². The molecule has 1 N–H and O–H groups in total. The van der Waals surface area contributed by atoms with Crippen LogP contribution in [0.3, 0.4) is 0 Å². The third-order valence-electron chi connectivity index (χ3n) is 4.20. The lowest BCUT2D eigenvalue weighted by atomic mass is 9.87. The fourth-order valence-corrected chi connectivity index (χ4v) is 2.64. The standard InChI is InChI=1S/C21H23F3N2O2/c1-14(27)26(18-10-8-15(9-11-18)20(2,3)4)13-19(28)25-17-7-5-6-16(12-17)21(22,23)24/h5-12H,13H2,1-4H3,(H,25,28). The molecule has 0 aliphatic carbocycles. The van der Waals surface area contributed by atoms with Crippen molar-refractivity contribution in [3.63, 3.8) is 0 Å². The van der Waals surface area contributed by atoms with Crippen LogP contribution in [0.2, 0.25) is 0 Å². The first-order valence-electron chi connectivity index (χ1n) is 8.73. The Morgan fingerprint density at radius 1 is 0.964 bits per heavy atom. The lowest BCUT2D eigenvalue weighted by Gasteiger charge is -2.23. The van der Waals surface area contributed by atoms with Crippen LogP contribution in [0.15, 0.2) is 48.5 Å². The maximum Gasteiger partial charge on any atom is 0.416 e. The average Bonchev–Trinajstić information content (AvgIpc) is 2.58. The number of anilines is 2. The first kappa shape index (κ1) is 21.5. The number of rotatable bonds is 4. The van der Waals surface area contributed by atoms with Gasteiger partial charge in [0.05, 0.1) is 5.56 Å². The smallest absolute Gasteiger partial charge is 0.325 e. The Hall–Kier alpha value is -2.83. The minimum atomic E-state index is -4.50. The van der Waals surface area contributed by atoms with Gasteiger partial charge in [0.15, 0.2) is 0 Å². The van der Waals surface area contributed by atoms with E-state index in [2.05, 4.69) is 26.1 Å². The zero-order chi connectivity index (χ0) is 21.1. The van der Waals surface area contributed by atoms with Crippen molar-refractivity contribution in [2.45, 2.75) is 39.3 Å². The lowest BCUT2D eigenvalue weighted by Crippen LogP contribution is -2.36. The van der Waals surface area contributed by atoms with Gasteiger partial charge in [-0.2, -0.15) is 13.2 Å². The summed E-state index contributed by atoms with van der Waals surface area (Å²) in [4.78, 5) is 25.6. The van der Waals surface area contributed by atoms with Crippen LogP contribution < -0.4 is 10.2 Å². The van der Waals surface area contributed by atoms with Crippen LogP contribution >= 0.6 is 0 Å². The molecule has 0 aliphatic rings. The molecule has 0 heterocycles. The van der Waals surface area contributed by atoms with E-state index in [0.29, 0.717) is 5.69 Å². The molecule has 2 rings (SSSR count). The molecule has 2 aromatic rings. The molecule has 0 atom stereocenters. The highest BCUT2D eigenvalue weighted by molar-refractivity contribution is 6.01. The van der Waals surface area contributed by atoms with Crippen molar-refractivity contribution >= 4 is 23.2 Å². The second-order valence-corrected chi connectivity index (χ2v) is 7.53. The Bertz CT molecular complexity index is 853. The predicted octanol–water partition coefficient (Wildman–Crippen LogP) is 4.99. The molecular formula is C21H23F3N2O2. The summed E-state index contributed by atoms with van der Waals surface area (Å²) >= 11 is 0. The highest BCUT2D eigenvalue weighted by Gasteiger charge is 2.30. The zero-order valence-corrected chi connectivity index (χ0v) is 16.2. The molecule has 4 nitrogen and oxygen atoms in total. The van der Waals surface area contributed by atoms with Gasteiger partial charge in [0, 0.05) is 18.3 Å². The van der Waals surface area contributed by atoms with Gasteiger partial charge in [-0.15, -0.1) is 0 Å². The number of benzene rings is 2. The summed E-state index contributed by atoms with van der Waals surface area (Å²) in [6.45, 7) is 7.21. The number of amides is 2. The maximum atomic E-state index is 12.8. The van der Waals surface area contributed by atoms with Crippen LogP contribution in [0.25, 0.3) is 0 Å². The third kappa shape index (κ3) is 5.58. The molecule has 0 spiro atoms. The van der Waals surface area contributed by atoms with Gasteiger partial charge in [0.25, 0.3) is 0 Å². The summed E-state index contributed by atoms with van der Waals surface area (Å²) in [5, 5.41) is 2.41. The summed E-state index contributed by atoms with van der Waals surface area (Å²) < 4.78 is 38.4. The fourth-order valence-electron chi connectivity index (χ4n) is 2.64. The van der Waals surface area contributed by atoms with Crippen molar-refractivity contribution in [2.75, 3.05) is 16.8 Å². The van der Waals surface area contributed by atoms with Crippen LogP contribution in [-0.4, -0.2) is 18.4 Å². The van der Waals surface area contributed by atoms with Crippen LogP contribution in [0.5, 0.6) is 0 Å². The summed E-state index contributed by atoms with van der Waals surface area (Å²) in [5.74, 6) is -0.933. The van der Waals surface area contributed by atoms with E-state index < -0.39 is 17.6 Å². The van der Waals surface area contributed by atoms with Gasteiger partial charge in [-0.05, 0) is 41.3 Å². The topological polar surface area (TPSA) is 49.4 Å². The molecule has 0 radical (unpaired) electrons. The third-order valence-corrected chi connectivity index (χ3v) is 4.20. The van der Waals surface area contributed by atoms with Crippen LogP contribution in [0.4, 0.5) is 24.5 Å². The number of nitrogens with zero attached hydrogens (tertiary/aromatic N) is 1. The molecule has 2 amide bonds. The lowest BCUT2D eigenvalue weighted by molar-refractivity contribution is -0.137. The van der Waals surface area contributed by atoms with Crippen molar-refractivity contribution in [2.24, 2.45) is 0 Å². The number of carbonyl (C=O) groups excluding carboxylic acids is 2. The van der Waals surface area contributed by atoms with Gasteiger partial charge >= 0.3 is 6.18 Å². The largest absolute Gasteiger partial charge is 0.416 e. The Labute approximate surface area is 162 Å². The number of hydrogen-bond donors (Lipinski definition) is 1. The molecule has 0 saturated heterocycles. The van der Waals surface area contributed by atoms with Gasteiger partial charge in [0.1, 0.15) is 6.54 Å². The molecule has 7 heteroatoms. The van der Waals surface area contributed by atoms with Gasteiger partial charge in [0.2, 0.25) is 11.8 Å². The van der Waals surface area contributed by atoms with Crippen molar-refractivity contribution in [1.82, 2.24) is 0 Å². The summed E-state index contributed by atoms with van der Waals surface area (Å²) in [6.07, 6.45) is -4.50. The SMILES string of the molecule is CC(=O)N(CC(=O)Nc1cccc(C(F)(F)F)c1)c1ccc(C(C)(C)C)cc1. The first-order chi connectivity index (χ1) is 12.9. The quantitative estimate of drug-likeness (QED) is 0.797. The minimum absolute atomic E-state index is 0.0198. The number of alkyl halides is 3. The second kappa shape index (κ2) is 8.04. The van der Waals surface area contributed by atoms with Crippen LogP contribution in [0.1, 0.15) is 38.8 Å². The van der Waals surface area contributed by atoms with Crippen molar-refractivity contribution < 1.29 is 22.8 Å². The highest BCUT2D eigenvalue weighted by Crippen LogP contribution is 2.30. The monoisotopic (exact) mass is 392 g/mol.